The molecule has 1 atom stereocenters. The maximum atomic E-state index is 11.5. The third-order valence-corrected chi connectivity index (χ3v) is 2.73. The Morgan fingerprint density at radius 3 is 2.78 bits per heavy atom. The van der Waals surface area contributed by atoms with Gasteiger partial charge in [0, 0.05) is 13.1 Å². The molecule has 1 rings (SSSR count). The molecule has 1 saturated heterocycles. The van der Waals surface area contributed by atoms with E-state index in [0.29, 0.717) is 19.0 Å². The molecule has 0 bridgehead atoms. The fraction of sp³-hybridized carbons (Fsp3) is 0.636. The average molecular weight is 277 g/mol. The summed E-state index contributed by atoms with van der Waals surface area (Å²) in [6.45, 7) is 6.41. The molecule has 0 radical (unpaired) electrons. The topological polar surface area (TPSA) is 87.5 Å². The van der Waals surface area contributed by atoms with Crippen molar-refractivity contribution in [3.8, 4) is 0 Å². The van der Waals surface area contributed by atoms with E-state index in [2.05, 4.69) is 17.2 Å². The van der Waals surface area contributed by atoms with Crippen LogP contribution in [0, 0.1) is 5.92 Å². The minimum absolute atomic E-state index is 0. The molecular formula is C11H21ClN4O2. The number of urea groups is 1. The van der Waals surface area contributed by atoms with Crippen LogP contribution in [0.2, 0.25) is 0 Å². The first kappa shape index (κ1) is 16.9. The zero-order valence-corrected chi connectivity index (χ0v) is 11.2. The molecule has 104 valence electrons. The molecule has 0 saturated carbocycles. The molecule has 1 fully saturated rings. The van der Waals surface area contributed by atoms with E-state index >= 15 is 0 Å². The number of halogens is 1. The second kappa shape index (κ2) is 8.91. The molecule has 0 aliphatic carbocycles. The maximum absolute atomic E-state index is 11.5. The molecule has 1 heterocycles. The smallest absolute Gasteiger partial charge is 0.321 e. The lowest BCUT2D eigenvalue weighted by atomic mass is 10.1. The lowest BCUT2D eigenvalue weighted by Crippen LogP contribution is -2.44. The minimum Gasteiger partial charge on any atom is -0.334 e. The Labute approximate surface area is 113 Å². The van der Waals surface area contributed by atoms with Gasteiger partial charge < -0.3 is 11.1 Å². The quantitative estimate of drug-likeness (QED) is 0.602. The van der Waals surface area contributed by atoms with Gasteiger partial charge in [0.25, 0.3) is 0 Å². The number of nitrogens with one attached hydrogen (secondary N) is 2. The van der Waals surface area contributed by atoms with Gasteiger partial charge in [-0.25, -0.2) is 4.79 Å². The van der Waals surface area contributed by atoms with Crippen LogP contribution >= 0.6 is 12.4 Å². The van der Waals surface area contributed by atoms with Crippen LogP contribution < -0.4 is 16.4 Å². The Morgan fingerprint density at radius 2 is 2.22 bits per heavy atom. The van der Waals surface area contributed by atoms with Gasteiger partial charge in [-0.2, -0.15) is 0 Å². The van der Waals surface area contributed by atoms with E-state index in [-0.39, 0.29) is 24.9 Å². The van der Waals surface area contributed by atoms with E-state index in [1.807, 2.05) is 4.90 Å². The number of hydrogen-bond acceptors (Lipinski definition) is 4. The largest absolute Gasteiger partial charge is 0.334 e. The van der Waals surface area contributed by atoms with Gasteiger partial charge >= 0.3 is 6.03 Å². The Kier molecular flexibility index (Phi) is 8.36. The van der Waals surface area contributed by atoms with Crippen molar-refractivity contribution in [1.29, 1.82) is 0 Å². The van der Waals surface area contributed by atoms with Crippen molar-refractivity contribution in [3.63, 3.8) is 0 Å². The predicted molar refractivity (Wildman–Crippen MR) is 72.6 cm³/mol. The highest BCUT2D eigenvalue weighted by Gasteiger charge is 2.23. The molecule has 4 N–H and O–H groups in total. The third-order valence-electron chi connectivity index (χ3n) is 2.73. The maximum Gasteiger partial charge on any atom is 0.321 e. The fourth-order valence-electron chi connectivity index (χ4n) is 1.83. The molecule has 6 nitrogen and oxygen atoms in total. The molecule has 0 aromatic heterocycles. The van der Waals surface area contributed by atoms with Gasteiger partial charge in [0.05, 0.1) is 6.54 Å². The monoisotopic (exact) mass is 276 g/mol. The van der Waals surface area contributed by atoms with Crippen LogP contribution in [0.25, 0.3) is 0 Å². The van der Waals surface area contributed by atoms with Crippen LogP contribution in [0.15, 0.2) is 12.7 Å². The number of hydrogen-bond donors (Lipinski definition) is 3. The van der Waals surface area contributed by atoms with Crippen LogP contribution in [0.5, 0.6) is 0 Å². The molecule has 0 spiro atoms. The van der Waals surface area contributed by atoms with Crippen LogP contribution in [0.4, 0.5) is 4.79 Å². The molecule has 7 heteroatoms. The molecule has 3 amide bonds. The van der Waals surface area contributed by atoms with Crippen LogP contribution in [-0.2, 0) is 4.79 Å². The average Bonchev–Trinajstić information content (AvgIpc) is 2.73. The van der Waals surface area contributed by atoms with Gasteiger partial charge in [-0.15, -0.1) is 19.0 Å². The first-order chi connectivity index (χ1) is 8.15. The van der Waals surface area contributed by atoms with E-state index in [9.17, 15) is 9.59 Å². The van der Waals surface area contributed by atoms with Gasteiger partial charge in [0.15, 0.2) is 0 Å². The molecule has 1 aliphatic rings. The number of carbonyl (C=O) groups is 2. The van der Waals surface area contributed by atoms with Gasteiger partial charge in [0.2, 0.25) is 5.91 Å². The second-order valence-corrected chi connectivity index (χ2v) is 4.17. The van der Waals surface area contributed by atoms with E-state index < -0.39 is 6.03 Å². The molecule has 1 unspecified atom stereocenters. The number of likely N-dealkylation sites (tertiary alicyclic amines) is 1. The molecule has 1 aliphatic heterocycles. The van der Waals surface area contributed by atoms with Crippen molar-refractivity contribution in [2.75, 3.05) is 32.7 Å². The molecule has 0 aromatic rings. The lowest BCUT2D eigenvalue weighted by Gasteiger charge is -2.14. The SMILES string of the molecule is C=CCNC(=O)NC(=O)CN1CCC(CN)C1.Cl. The summed E-state index contributed by atoms with van der Waals surface area (Å²) in [4.78, 5) is 24.7. The summed E-state index contributed by atoms with van der Waals surface area (Å²) < 4.78 is 0. The van der Waals surface area contributed by atoms with Gasteiger partial charge in [-0.05, 0) is 25.4 Å². The normalized spacial score (nSPS) is 18.8. The number of carbonyl (C=O) groups excluding carboxylic acids is 2. The number of nitrogens with two attached hydrogens (primary N) is 1. The van der Waals surface area contributed by atoms with E-state index in [0.717, 1.165) is 19.5 Å². The summed E-state index contributed by atoms with van der Waals surface area (Å²) in [6, 6.07) is -0.482. The Hall–Kier alpha value is -1.11. The summed E-state index contributed by atoms with van der Waals surface area (Å²) in [5.41, 5.74) is 5.56. The Bertz CT molecular complexity index is 299. The van der Waals surface area contributed by atoms with E-state index in [4.69, 9.17) is 5.73 Å². The summed E-state index contributed by atoms with van der Waals surface area (Å²) in [5, 5.41) is 4.75. The van der Waals surface area contributed by atoms with E-state index in [1.54, 1.807) is 6.08 Å². The first-order valence-electron chi connectivity index (χ1n) is 5.76. The summed E-state index contributed by atoms with van der Waals surface area (Å²) in [5.74, 6) is 0.182. The molecular weight excluding hydrogens is 256 g/mol. The highest BCUT2D eigenvalue weighted by atomic mass is 35.5. The van der Waals surface area contributed by atoms with Crippen LogP contribution in [0.1, 0.15) is 6.42 Å². The number of amides is 3. The highest BCUT2D eigenvalue weighted by Crippen LogP contribution is 2.13. The zero-order chi connectivity index (χ0) is 12.7. The molecule has 18 heavy (non-hydrogen) atoms. The predicted octanol–water partition coefficient (Wildman–Crippen LogP) is -0.299. The minimum atomic E-state index is -0.482. The van der Waals surface area contributed by atoms with Crippen LogP contribution in [0.3, 0.4) is 0 Å². The number of rotatable bonds is 5. The number of nitrogens with zero attached hydrogens (tertiary/aromatic N) is 1. The van der Waals surface area contributed by atoms with Crippen molar-refractivity contribution in [2.45, 2.75) is 6.42 Å². The van der Waals surface area contributed by atoms with E-state index in [1.165, 1.54) is 0 Å². The van der Waals surface area contributed by atoms with Gasteiger partial charge in [-0.3, -0.25) is 15.0 Å². The number of imide groups is 1. The molecule has 0 aromatic carbocycles. The van der Waals surface area contributed by atoms with Crippen LogP contribution in [-0.4, -0.2) is 49.6 Å². The van der Waals surface area contributed by atoms with Gasteiger partial charge in [0.1, 0.15) is 0 Å². The van der Waals surface area contributed by atoms with Crippen molar-refractivity contribution in [1.82, 2.24) is 15.5 Å². The first-order valence-corrected chi connectivity index (χ1v) is 5.76. The zero-order valence-electron chi connectivity index (χ0n) is 10.4. The van der Waals surface area contributed by atoms with Crippen molar-refractivity contribution in [3.05, 3.63) is 12.7 Å². The summed E-state index contributed by atoms with van der Waals surface area (Å²) in [7, 11) is 0. The highest BCUT2D eigenvalue weighted by molar-refractivity contribution is 5.95. The van der Waals surface area contributed by atoms with Gasteiger partial charge in [-0.1, -0.05) is 6.08 Å². The van der Waals surface area contributed by atoms with Crippen molar-refractivity contribution < 1.29 is 9.59 Å². The summed E-state index contributed by atoms with van der Waals surface area (Å²) >= 11 is 0. The standard InChI is InChI=1S/C11H20N4O2.ClH/c1-2-4-13-11(17)14-10(16)8-15-5-3-9(6-12)7-15;/h2,9H,1,3-8,12H2,(H2,13,14,16,17);1H. The Morgan fingerprint density at radius 1 is 1.50 bits per heavy atom. The summed E-state index contributed by atoms with van der Waals surface area (Å²) in [6.07, 6.45) is 2.57. The second-order valence-electron chi connectivity index (χ2n) is 4.17. The Balaban J connectivity index is 0.00000289. The fourth-order valence-corrected chi connectivity index (χ4v) is 1.83. The lowest BCUT2D eigenvalue weighted by molar-refractivity contribution is -0.120. The third kappa shape index (κ3) is 6.00. The van der Waals surface area contributed by atoms with Crippen molar-refractivity contribution >= 4 is 24.3 Å². The van der Waals surface area contributed by atoms with Crippen molar-refractivity contribution in [2.24, 2.45) is 11.7 Å².